The number of amides is 1. The summed E-state index contributed by atoms with van der Waals surface area (Å²) in [6.45, 7) is 0.524. The van der Waals surface area contributed by atoms with Crippen LogP contribution >= 0.6 is 0 Å². The van der Waals surface area contributed by atoms with Gasteiger partial charge in [-0.1, -0.05) is 12.8 Å². The summed E-state index contributed by atoms with van der Waals surface area (Å²) in [4.78, 5) is 12.0. The van der Waals surface area contributed by atoms with Gasteiger partial charge in [0.15, 0.2) is 0 Å². The Morgan fingerprint density at radius 3 is 2.88 bits per heavy atom. The molecule has 2 rings (SSSR count). The van der Waals surface area contributed by atoms with E-state index in [1.807, 2.05) is 12.1 Å². The Hall–Kier alpha value is -1.76. The predicted octanol–water partition coefficient (Wildman–Crippen LogP) is 2.02. The van der Waals surface area contributed by atoms with Crippen molar-refractivity contribution in [1.29, 1.82) is 5.26 Å². The lowest BCUT2D eigenvalue weighted by atomic mass is 9.87. The van der Waals surface area contributed by atoms with Gasteiger partial charge in [-0.05, 0) is 25.0 Å². The first kappa shape index (κ1) is 11.7. The van der Waals surface area contributed by atoms with Gasteiger partial charge in [-0.3, -0.25) is 4.79 Å². The second-order valence-electron chi connectivity index (χ2n) is 4.49. The molecule has 90 valence electrons. The lowest BCUT2D eigenvalue weighted by Crippen LogP contribution is -2.39. The van der Waals surface area contributed by atoms with E-state index < -0.39 is 5.41 Å². The minimum atomic E-state index is -0.775. The van der Waals surface area contributed by atoms with Crippen LogP contribution in [0.5, 0.6) is 0 Å². The van der Waals surface area contributed by atoms with Crippen LogP contribution in [0, 0.1) is 16.7 Å². The zero-order valence-corrected chi connectivity index (χ0v) is 9.74. The van der Waals surface area contributed by atoms with E-state index in [0.29, 0.717) is 25.8 Å². The molecule has 1 aromatic rings. The summed E-state index contributed by atoms with van der Waals surface area (Å²) in [6, 6.07) is 5.89. The molecular weight excluding hydrogens is 216 g/mol. The second kappa shape index (κ2) is 5.05. The lowest BCUT2D eigenvalue weighted by molar-refractivity contribution is -0.127. The van der Waals surface area contributed by atoms with Crippen LogP contribution in [0.25, 0.3) is 0 Å². The number of rotatable bonds is 4. The quantitative estimate of drug-likeness (QED) is 0.863. The van der Waals surface area contributed by atoms with E-state index in [4.69, 9.17) is 9.68 Å². The first-order valence-electron chi connectivity index (χ1n) is 5.99. The zero-order chi connectivity index (χ0) is 12.1. The molecule has 1 heterocycles. The molecular formula is C13H16N2O2. The Kier molecular flexibility index (Phi) is 3.48. The molecule has 1 N–H and O–H groups in total. The van der Waals surface area contributed by atoms with Gasteiger partial charge in [0.25, 0.3) is 0 Å². The zero-order valence-electron chi connectivity index (χ0n) is 9.74. The minimum absolute atomic E-state index is 0.121. The highest BCUT2D eigenvalue weighted by atomic mass is 16.3. The molecule has 0 unspecified atom stereocenters. The molecule has 0 spiro atoms. The minimum Gasteiger partial charge on any atom is -0.469 e. The predicted molar refractivity (Wildman–Crippen MR) is 61.9 cm³/mol. The van der Waals surface area contributed by atoms with Crippen LogP contribution in [0.2, 0.25) is 0 Å². The number of furan rings is 1. The number of carbonyl (C=O) groups is 1. The Labute approximate surface area is 101 Å². The summed E-state index contributed by atoms with van der Waals surface area (Å²) in [7, 11) is 0. The average molecular weight is 232 g/mol. The molecule has 0 aromatic carbocycles. The molecule has 17 heavy (non-hydrogen) atoms. The number of nitriles is 1. The standard InChI is InChI=1S/C13H16N2O2/c14-10-13(6-1-2-7-13)12(16)15-8-5-11-4-3-9-17-11/h3-4,9H,1-2,5-8H2,(H,15,16). The molecule has 4 heteroatoms. The highest BCUT2D eigenvalue weighted by molar-refractivity contribution is 5.85. The first-order chi connectivity index (χ1) is 8.27. The molecule has 1 aromatic heterocycles. The number of nitrogens with zero attached hydrogens (tertiary/aromatic N) is 1. The fourth-order valence-electron chi connectivity index (χ4n) is 2.29. The largest absolute Gasteiger partial charge is 0.469 e. The summed E-state index contributed by atoms with van der Waals surface area (Å²) in [5.74, 6) is 0.729. The Balaban J connectivity index is 1.83. The van der Waals surface area contributed by atoms with E-state index in [1.165, 1.54) is 0 Å². The Bertz CT molecular complexity index is 411. The van der Waals surface area contributed by atoms with Gasteiger partial charge in [-0.25, -0.2) is 0 Å². The van der Waals surface area contributed by atoms with E-state index in [9.17, 15) is 4.79 Å². The maximum atomic E-state index is 12.0. The summed E-state index contributed by atoms with van der Waals surface area (Å²) >= 11 is 0. The van der Waals surface area contributed by atoms with Crippen molar-refractivity contribution in [2.24, 2.45) is 5.41 Å². The maximum Gasteiger partial charge on any atom is 0.240 e. The number of nitrogens with one attached hydrogen (secondary N) is 1. The lowest BCUT2D eigenvalue weighted by Gasteiger charge is -2.18. The molecule has 0 atom stereocenters. The topological polar surface area (TPSA) is 66.0 Å². The number of carbonyl (C=O) groups excluding carboxylic acids is 1. The van der Waals surface area contributed by atoms with Crippen LogP contribution in [-0.2, 0) is 11.2 Å². The molecule has 1 fully saturated rings. The van der Waals surface area contributed by atoms with Gasteiger partial charge in [-0.2, -0.15) is 5.26 Å². The highest BCUT2D eigenvalue weighted by Crippen LogP contribution is 2.37. The SMILES string of the molecule is N#CC1(C(=O)NCCc2ccco2)CCCC1. The number of hydrogen-bond acceptors (Lipinski definition) is 3. The van der Waals surface area contributed by atoms with Crippen molar-refractivity contribution in [2.75, 3.05) is 6.54 Å². The van der Waals surface area contributed by atoms with Gasteiger partial charge in [-0.15, -0.1) is 0 Å². The van der Waals surface area contributed by atoms with Gasteiger partial charge in [0, 0.05) is 13.0 Å². The third kappa shape index (κ3) is 2.50. The monoisotopic (exact) mass is 232 g/mol. The van der Waals surface area contributed by atoms with Crippen molar-refractivity contribution in [2.45, 2.75) is 32.1 Å². The fraction of sp³-hybridized carbons (Fsp3) is 0.538. The first-order valence-corrected chi connectivity index (χ1v) is 5.99. The fourth-order valence-corrected chi connectivity index (χ4v) is 2.29. The second-order valence-corrected chi connectivity index (χ2v) is 4.49. The molecule has 1 saturated carbocycles. The molecule has 0 aliphatic heterocycles. The van der Waals surface area contributed by atoms with Gasteiger partial charge < -0.3 is 9.73 Å². The van der Waals surface area contributed by atoms with Crippen molar-refractivity contribution in [1.82, 2.24) is 5.32 Å². The molecule has 0 radical (unpaired) electrons. The van der Waals surface area contributed by atoms with Crippen LogP contribution in [0.3, 0.4) is 0 Å². The van der Waals surface area contributed by atoms with E-state index in [-0.39, 0.29) is 5.91 Å². The normalized spacial score (nSPS) is 17.6. The van der Waals surface area contributed by atoms with Crippen LogP contribution in [-0.4, -0.2) is 12.5 Å². The van der Waals surface area contributed by atoms with Crippen molar-refractivity contribution in [3.63, 3.8) is 0 Å². The van der Waals surface area contributed by atoms with Crippen molar-refractivity contribution in [3.05, 3.63) is 24.2 Å². The van der Waals surface area contributed by atoms with Gasteiger partial charge >= 0.3 is 0 Å². The van der Waals surface area contributed by atoms with Crippen LogP contribution < -0.4 is 5.32 Å². The van der Waals surface area contributed by atoms with E-state index >= 15 is 0 Å². The molecule has 4 nitrogen and oxygen atoms in total. The van der Waals surface area contributed by atoms with Crippen molar-refractivity contribution in [3.8, 4) is 6.07 Å². The molecule has 1 aliphatic carbocycles. The van der Waals surface area contributed by atoms with Crippen LogP contribution in [0.1, 0.15) is 31.4 Å². The maximum absolute atomic E-state index is 12.0. The van der Waals surface area contributed by atoms with E-state index in [1.54, 1.807) is 6.26 Å². The molecule has 1 amide bonds. The van der Waals surface area contributed by atoms with Crippen molar-refractivity contribution < 1.29 is 9.21 Å². The number of hydrogen-bond donors (Lipinski definition) is 1. The molecule has 1 aliphatic rings. The van der Waals surface area contributed by atoms with E-state index in [0.717, 1.165) is 18.6 Å². The smallest absolute Gasteiger partial charge is 0.240 e. The van der Waals surface area contributed by atoms with Gasteiger partial charge in [0.2, 0.25) is 5.91 Å². The highest BCUT2D eigenvalue weighted by Gasteiger charge is 2.41. The van der Waals surface area contributed by atoms with Gasteiger partial charge in [0.1, 0.15) is 11.2 Å². The van der Waals surface area contributed by atoms with Gasteiger partial charge in [0.05, 0.1) is 12.3 Å². The Morgan fingerprint density at radius 1 is 1.53 bits per heavy atom. The van der Waals surface area contributed by atoms with Crippen LogP contribution in [0.15, 0.2) is 22.8 Å². The third-order valence-electron chi connectivity index (χ3n) is 3.34. The van der Waals surface area contributed by atoms with Crippen molar-refractivity contribution >= 4 is 5.91 Å². The summed E-state index contributed by atoms with van der Waals surface area (Å²) < 4.78 is 5.18. The summed E-state index contributed by atoms with van der Waals surface area (Å²) in [6.07, 6.45) is 5.61. The molecule has 0 saturated heterocycles. The average Bonchev–Trinajstić information content (AvgIpc) is 3.00. The summed E-state index contributed by atoms with van der Waals surface area (Å²) in [5.41, 5.74) is -0.775. The summed E-state index contributed by atoms with van der Waals surface area (Å²) in [5, 5.41) is 12.0. The third-order valence-corrected chi connectivity index (χ3v) is 3.34. The molecule has 0 bridgehead atoms. The van der Waals surface area contributed by atoms with E-state index in [2.05, 4.69) is 11.4 Å². The Morgan fingerprint density at radius 2 is 2.29 bits per heavy atom. The van der Waals surface area contributed by atoms with Crippen LogP contribution in [0.4, 0.5) is 0 Å².